The first kappa shape index (κ1) is 19.9. The van der Waals surface area contributed by atoms with Crippen molar-refractivity contribution in [1.29, 1.82) is 0 Å². The van der Waals surface area contributed by atoms with Gasteiger partial charge in [-0.05, 0) is 38.5 Å². The number of nitrogens with one attached hydrogen (secondary N) is 1. The lowest BCUT2D eigenvalue weighted by molar-refractivity contribution is 0.0127. The largest absolute Gasteiger partial charge is 0.465 e. The number of alkyl carbamates (subject to hydrolysis) is 1. The van der Waals surface area contributed by atoms with Gasteiger partial charge in [0.2, 0.25) is 0 Å². The Labute approximate surface area is 139 Å². The van der Waals surface area contributed by atoms with Gasteiger partial charge in [0.1, 0.15) is 23.6 Å². The van der Waals surface area contributed by atoms with Crippen molar-refractivity contribution in [1.82, 2.24) is 5.32 Å². The van der Waals surface area contributed by atoms with Gasteiger partial charge in [-0.15, -0.1) is 0 Å². The van der Waals surface area contributed by atoms with Crippen LogP contribution >= 0.6 is 0 Å². The van der Waals surface area contributed by atoms with E-state index in [-0.39, 0.29) is 17.7 Å². The van der Waals surface area contributed by atoms with E-state index in [9.17, 15) is 24.2 Å². The summed E-state index contributed by atoms with van der Waals surface area (Å²) in [5.41, 5.74) is -0.922. The number of methoxy groups -OCH3 is 1. The number of aliphatic hydroxyl groups is 2. The highest BCUT2D eigenvalue weighted by Gasteiger charge is 2.23. The Morgan fingerprint density at radius 3 is 2.42 bits per heavy atom. The Bertz CT molecular complexity index is 599. The van der Waals surface area contributed by atoms with Crippen molar-refractivity contribution in [3.05, 3.63) is 35.1 Å². The lowest BCUT2D eigenvalue weighted by Crippen LogP contribution is -2.38. The fourth-order valence-corrected chi connectivity index (χ4v) is 1.83. The zero-order valence-electron chi connectivity index (χ0n) is 14.0. The second kappa shape index (κ2) is 8.07. The standard InChI is InChI=1S/C16H22FNO6/c1-16(2,3)24-15(22)18-8-12(19)13(20)9-5-6-10(11(17)7-9)14(21)23-4/h5-7,12-13,19-20H,8H2,1-4H3,(H,18,22). The maximum absolute atomic E-state index is 13.8. The molecule has 0 saturated carbocycles. The van der Waals surface area contributed by atoms with E-state index in [1.165, 1.54) is 6.07 Å². The van der Waals surface area contributed by atoms with E-state index in [2.05, 4.69) is 10.1 Å². The van der Waals surface area contributed by atoms with Crippen LogP contribution in [0.5, 0.6) is 0 Å². The molecule has 2 unspecified atom stereocenters. The molecule has 7 nitrogen and oxygen atoms in total. The van der Waals surface area contributed by atoms with Gasteiger partial charge >= 0.3 is 12.1 Å². The van der Waals surface area contributed by atoms with E-state index in [0.717, 1.165) is 19.2 Å². The van der Waals surface area contributed by atoms with Crippen molar-refractivity contribution >= 4 is 12.1 Å². The number of benzene rings is 1. The van der Waals surface area contributed by atoms with Crippen molar-refractivity contribution in [2.24, 2.45) is 0 Å². The molecule has 1 rings (SSSR count). The summed E-state index contributed by atoms with van der Waals surface area (Å²) < 4.78 is 23.2. The maximum atomic E-state index is 13.8. The van der Waals surface area contributed by atoms with Crippen LogP contribution in [-0.2, 0) is 9.47 Å². The molecule has 2 atom stereocenters. The number of hydrogen-bond donors (Lipinski definition) is 3. The van der Waals surface area contributed by atoms with Crippen LogP contribution in [0, 0.1) is 5.82 Å². The number of aliphatic hydroxyl groups excluding tert-OH is 2. The van der Waals surface area contributed by atoms with Crippen molar-refractivity contribution in [2.75, 3.05) is 13.7 Å². The fraction of sp³-hybridized carbons (Fsp3) is 0.500. The third-order valence-electron chi connectivity index (χ3n) is 2.96. The van der Waals surface area contributed by atoms with Crippen molar-refractivity contribution in [3.8, 4) is 0 Å². The molecule has 8 heteroatoms. The summed E-state index contributed by atoms with van der Waals surface area (Å²) in [6.07, 6.45) is -3.59. The number of carbonyl (C=O) groups is 2. The molecular weight excluding hydrogens is 321 g/mol. The topological polar surface area (TPSA) is 105 Å². The first-order valence-corrected chi connectivity index (χ1v) is 7.26. The van der Waals surface area contributed by atoms with E-state index < -0.39 is 35.7 Å². The van der Waals surface area contributed by atoms with Gasteiger partial charge in [-0.2, -0.15) is 0 Å². The Morgan fingerprint density at radius 1 is 1.29 bits per heavy atom. The van der Waals surface area contributed by atoms with Crippen LogP contribution in [0.25, 0.3) is 0 Å². The molecule has 1 amide bonds. The third kappa shape index (κ3) is 5.78. The van der Waals surface area contributed by atoms with Gasteiger partial charge in [0.25, 0.3) is 0 Å². The van der Waals surface area contributed by atoms with Crippen LogP contribution in [-0.4, -0.2) is 47.6 Å². The molecule has 0 saturated heterocycles. The van der Waals surface area contributed by atoms with E-state index in [1.54, 1.807) is 20.8 Å². The number of halogens is 1. The predicted molar refractivity (Wildman–Crippen MR) is 82.9 cm³/mol. The molecule has 134 valence electrons. The summed E-state index contributed by atoms with van der Waals surface area (Å²) >= 11 is 0. The van der Waals surface area contributed by atoms with E-state index in [4.69, 9.17) is 4.74 Å². The lowest BCUT2D eigenvalue weighted by Gasteiger charge is -2.22. The highest BCUT2D eigenvalue weighted by atomic mass is 19.1. The van der Waals surface area contributed by atoms with Gasteiger partial charge in [0.05, 0.1) is 12.7 Å². The summed E-state index contributed by atoms with van der Waals surface area (Å²) in [6.45, 7) is 4.76. The Kier molecular flexibility index (Phi) is 6.68. The highest BCUT2D eigenvalue weighted by molar-refractivity contribution is 5.89. The number of rotatable bonds is 5. The van der Waals surface area contributed by atoms with Gasteiger partial charge in [-0.1, -0.05) is 6.07 Å². The molecule has 0 aliphatic carbocycles. The number of carbonyl (C=O) groups excluding carboxylic acids is 2. The first-order valence-electron chi connectivity index (χ1n) is 7.26. The molecule has 1 aromatic carbocycles. The monoisotopic (exact) mass is 343 g/mol. The van der Waals surface area contributed by atoms with Crippen LogP contribution in [0.2, 0.25) is 0 Å². The molecule has 0 heterocycles. The summed E-state index contributed by atoms with van der Waals surface area (Å²) in [7, 11) is 1.12. The quantitative estimate of drug-likeness (QED) is 0.700. The number of ether oxygens (including phenoxy) is 2. The Morgan fingerprint density at radius 2 is 1.92 bits per heavy atom. The third-order valence-corrected chi connectivity index (χ3v) is 2.96. The Hall–Kier alpha value is -2.19. The van der Waals surface area contributed by atoms with Crippen molar-refractivity contribution in [3.63, 3.8) is 0 Å². The zero-order valence-corrected chi connectivity index (χ0v) is 14.0. The second-order valence-electron chi connectivity index (χ2n) is 6.13. The van der Waals surface area contributed by atoms with Gasteiger partial charge in [-0.25, -0.2) is 14.0 Å². The minimum absolute atomic E-state index is 0.0543. The van der Waals surface area contributed by atoms with Crippen LogP contribution in [0.15, 0.2) is 18.2 Å². The smallest absolute Gasteiger partial charge is 0.407 e. The highest BCUT2D eigenvalue weighted by Crippen LogP contribution is 2.20. The predicted octanol–water partition coefficient (Wildman–Crippen LogP) is 1.53. The molecule has 0 aliphatic heterocycles. The van der Waals surface area contributed by atoms with Gasteiger partial charge in [0, 0.05) is 6.54 Å². The summed E-state index contributed by atoms with van der Waals surface area (Å²) in [6, 6.07) is 3.36. The maximum Gasteiger partial charge on any atom is 0.407 e. The van der Waals surface area contributed by atoms with Crippen LogP contribution in [0.1, 0.15) is 42.8 Å². The van der Waals surface area contributed by atoms with Crippen LogP contribution < -0.4 is 5.32 Å². The number of hydrogen-bond acceptors (Lipinski definition) is 6. The SMILES string of the molecule is COC(=O)c1ccc(C(O)C(O)CNC(=O)OC(C)(C)C)cc1F. The molecule has 0 bridgehead atoms. The average Bonchev–Trinajstić information content (AvgIpc) is 2.49. The summed E-state index contributed by atoms with van der Waals surface area (Å²) in [5, 5.41) is 22.2. The normalized spacial score (nSPS) is 13.8. The molecule has 0 spiro atoms. The minimum Gasteiger partial charge on any atom is -0.465 e. The van der Waals surface area contributed by atoms with E-state index in [0.29, 0.717) is 0 Å². The van der Waals surface area contributed by atoms with Crippen LogP contribution in [0.3, 0.4) is 0 Å². The second-order valence-corrected chi connectivity index (χ2v) is 6.13. The molecule has 24 heavy (non-hydrogen) atoms. The first-order chi connectivity index (χ1) is 11.0. The van der Waals surface area contributed by atoms with Crippen molar-refractivity contribution < 1.29 is 33.7 Å². The lowest BCUT2D eigenvalue weighted by atomic mass is 10.0. The summed E-state index contributed by atoms with van der Waals surface area (Å²) in [5.74, 6) is -1.73. The van der Waals surface area contributed by atoms with Crippen LogP contribution in [0.4, 0.5) is 9.18 Å². The average molecular weight is 343 g/mol. The fourth-order valence-electron chi connectivity index (χ4n) is 1.83. The zero-order chi connectivity index (χ0) is 18.5. The van der Waals surface area contributed by atoms with E-state index >= 15 is 0 Å². The van der Waals surface area contributed by atoms with Gasteiger partial charge in [0.15, 0.2) is 0 Å². The molecule has 1 aromatic rings. The van der Waals surface area contributed by atoms with E-state index in [1.807, 2.05) is 0 Å². The molecule has 3 N–H and O–H groups in total. The number of esters is 1. The molecule has 0 radical (unpaired) electrons. The summed E-state index contributed by atoms with van der Waals surface area (Å²) in [4.78, 5) is 22.8. The molecular formula is C16H22FNO6. The Balaban J connectivity index is 2.69. The molecule has 0 aliphatic rings. The number of amides is 1. The molecule has 0 aromatic heterocycles. The van der Waals surface area contributed by atoms with Crippen molar-refractivity contribution in [2.45, 2.75) is 38.6 Å². The minimum atomic E-state index is -1.46. The van der Waals surface area contributed by atoms with Gasteiger partial charge < -0.3 is 25.0 Å². The molecule has 0 fully saturated rings. The van der Waals surface area contributed by atoms with Gasteiger partial charge in [-0.3, -0.25) is 0 Å².